The summed E-state index contributed by atoms with van der Waals surface area (Å²) in [6.45, 7) is 0.924. The number of nitrogens with two attached hydrogens (primary N) is 1. The van der Waals surface area contributed by atoms with Gasteiger partial charge in [0.05, 0.1) is 21.3 Å². The molecule has 1 rings (SSSR count). The number of amides is 1. The van der Waals surface area contributed by atoms with Crippen LogP contribution in [-0.2, 0) is 11.2 Å². The third-order valence-corrected chi connectivity index (χ3v) is 2.87. The summed E-state index contributed by atoms with van der Waals surface area (Å²) in [5.41, 5.74) is 6.23. The SMILES string of the molecule is COc1ccc(CCC(=O)NCCN)c(OC)c1OC. The predicted molar refractivity (Wildman–Crippen MR) is 76.5 cm³/mol. The Hall–Kier alpha value is -1.95. The summed E-state index contributed by atoms with van der Waals surface area (Å²) in [5.74, 6) is 1.70. The maximum Gasteiger partial charge on any atom is 0.220 e. The van der Waals surface area contributed by atoms with Gasteiger partial charge in [0.1, 0.15) is 0 Å². The van der Waals surface area contributed by atoms with Gasteiger partial charge in [-0.1, -0.05) is 6.07 Å². The number of hydrogen-bond acceptors (Lipinski definition) is 5. The molecule has 6 heteroatoms. The predicted octanol–water partition coefficient (Wildman–Crippen LogP) is 0.720. The molecule has 0 aliphatic carbocycles. The highest BCUT2D eigenvalue weighted by Crippen LogP contribution is 2.40. The van der Waals surface area contributed by atoms with Crippen LogP contribution in [0.4, 0.5) is 0 Å². The van der Waals surface area contributed by atoms with Gasteiger partial charge in [-0.2, -0.15) is 0 Å². The van der Waals surface area contributed by atoms with Crippen LogP contribution < -0.4 is 25.3 Å². The Balaban J connectivity index is 2.82. The summed E-state index contributed by atoms with van der Waals surface area (Å²) in [5, 5.41) is 2.73. The van der Waals surface area contributed by atoms with E-state index in [1.54, 1.807) is 27.4 Å². The van der Waals surface area contributed by atoms with Crippen LogP contribution in [0.2, 0.25) is 0 Å². The lowest BCUT2D eigenvalue weighted by Crippen LogP contribution is -2.29. The Kier molecular flexibility index (Phi) is 6.66. The number of carbonyl (C=O) groups excluding carboxylic acids is 1. The number of methoxy groups -OCH3 is 3. The molecule has 1 aromatic rings. The van der Waals surface area contributed by atoms with Gasteiger partial charge in [0, 0.05) is 19.5 Å². The second-order valence-corrected chi connectivity index (χ2v) is 4.13. The minimum Gasteiger partial charge on any atom is -0.493 e. The molecule has 1 amide bonds. The van der Waals surface area contributed by atoms with Crippen LogP contribution in [0.5, 0.6) is 17.2 Å². The van der Waals surface area contributed by atoms with Gasteiger partial charge in [-0.3, -0.25) is 4.79 Å². The second-order valence-electron chi connectivity index (χ2n) is 4.13. The fourth-order valence-electron chi connectivity index (χ4n) is 1.91. The van der Waals surface area contributed by atoms with Gasteiger partial charge in [-0.05, 0) is 18.1 Å². The lowest BCUT2D eigenvalue weighted by Gasteiger charge is -2.15. The van der Waals surface area contributed by atoms with Gasteiger partial charge in [-0.25, -0.2) is 0 Å². The van der Waals surface area contributed by atoms with Crippen molar-refractivity contribution in [3.63, 3.8) is 0 Å². The summed E-state index contributed by atoms with van der Waals surface area (Å²) in [7, 11) is 4.69. The third-order valence-electron chi connectivity index (χ3n) is 2.87. The van der Waals surface area contributed by atoms with E-state index >= 15 is 0 Å². The summed E-state index contributed by atoms with van der Waals surface area (Å²) in [6, 6.07) is 3.67. The minimum atomic E-state index is -0.0349. The van der Waals surface area contributed by atoms with Gasteiger partial charge in [0.15, 0.2) is 11.5 Å². The summed E-state index contributed by atoms with van der Waals surface area (Å²) < 4.78 is 15.9. The molecular formula is C14H22N2O4. The molecule has 0 spiro atoms. The molecule has 20 heavy (non-hydrogen) atoms. The van der Waals surface area contributed by atoms with E-state index in [1.165, 1.54) is 0 Å². The first-order valence-electron chi connectivity index (χ1n) is 6.42. The molecule has 1 aromatic carbocycles. The van der Waals surface area contributed by atoms with E-state index in [-0.39, 0.29) is 5.91 Å². The van der Waals surface area contributed by atoms with E-state index in [4.69, 9.17) is 19.9 Å². The standard InChI is InChI=1S/C14H22N2O4/c1-18-11-6-4-10(13(19-2)14(11)20-3)5-7-12(17)16-9-8-15/h4,6H,5,7-9,15H2,1-3H3,(H,16,17). The topological polar surface area (TPSA) is 82.8 Å². The van der Waals surface area contributed by atoms with Crippen LogP contribution in [-0.4, -0.2) is 40.3 Å². The van der Waals surface area contributed by atoms with E-state index in [9.17, 15) is 4.79 Å². The van der Waals surface area contributed by atoms with Gasteiger partial charge in [-0.15, -0.1) is 0 Å². The smallest absolute Gasteiger partial charge is 0.220 e. The molecule has 0 fully saturated rings. The number of rotatable bonds is 8. The fraction of sp³-hybridized carbons (Fsp3) is 0.500. The van der Waals surface area contributed by atoms with Crippen molar-refractivity contribution in [2.24, 2.45) is 5.73 Å². The highest BCUT2D eigenvalue weighted by atomic mass is 16.5. The fourth-order valence-corrected chi connectivity index (χ4v) is 1.91. The minimum absolute atomic E-state index is 0.0349. The van der Waals surface area contributed by atoms with E-state index in [0.29, 0.717) is 43.2 Å². The first kappa shape index (κ1) is 16.1. The average molecular weight is 282 g/mol. The van der Waals surface area contributed by atoms with Crippen molar-refractivity contribution in [2.75, 3.05) is 34.4 Å². The van der Waals surface area contributed by atoms with Crippen molar-refractivity contribution in [2.45, 2.75) is 12.8 Å². The molecule has 0 saturated heterocycles. The normalized spacial score (nSPS) is 10.0. The van der Waals surface area contributed by atoms with Crippen molar-refractivity contribution in [3.05, 3.63) is 17.7 Å². The van der Waals surface area contributed by atoms with Crippen LogP contribution in [0.25, 0.3) is 0 Å². The molecule has 3 N–H and O–H groups in total. The largest absolute Gasteiger partial charge is 0.493 e. The van der Waals surface area contributed by atoms with Crippen LogP contribution in [0.3, 0.4) is 0 Å². The monoisotopic (exact) mass is 282 g/mol. The molecule has 0 radical (unpaired) electrons. The molecule has 0 bridgehead atoms. The van der Waals surface area contributed by atoms with Crippen LogP contribution in [0.1, 0.15) is 12.0 Å². The molecule has 0 atom stereocenters. The van der Waals surface area contributed by atoms with E-state index in [2.05, 4.69) is 5.32 Å². The summed E-state index contributed by atoms with van der Waals surface area (Å²) >= 11 is 0. The lowest BCUT2D eigenvalue weighted by atomic mass is 10.1. The van der Waals surface area contributed by atoms with E-state index in [1.807, 2.05) is 6.07 Å². The summed E-state index contributed by atoms with van der Waals surface area (Å²) in [4.78, 5) is 11.6. The highest BCUT2D eigenvalue weighted by molar-refractivity contribution is 5.76. The quantitative estimate of drug-likeness (QED) is 0.734. The van der Waals surface area contributed by atoms with Crippen molar-refractivity contribution in [1.82, 2.24) is 5.32 Å². The first-order chi connectivity index (χ1) is 9.67. The maximum absolute atomic E-state index is 11.6. The molecule has 0 heterocycles. The number of hydrogen-bond donors (Lipinski definition) is 2. The zero-order valence-corrected chi connectivity index (χ0v) is 12.2. The molecular weight excluding hydrogens is 260 g/mol. The van der Waals surface area contributed by atoms with Crippen molar-refractivity contribution < 1.29 is 19.0 Å². The average Bonchev–Trinajstić information content (AvgIpc) is 2.49. The number of aryl methyl sites for hydroxylation is 1. The van der Waals surface area contributed by atoms with E-state index in [0.717, 1.165) is 5.56 Å². The highest BCUT2D eigenvalue weighted by Gasteiger charge is 2.16. The number of carbonyl (C=O) groups is 1. The van der Waals surface area contributed by atoms with Gasteiger partial charge < -0.3 is 25.3 Å². The number of benzene rings is 1. The molecule has 0 saturated carbocycles. The van der Waals surface area contributed by atoms with Crippen molar-refractivity contribution in [3.8, 4) is 17.2 Å². The zero-order chi connectivity index (χ0) is 15.0. The lowest BCUT2D eigenvalue weighted by molar-refractivity contribution is -0.121. The molecule has 0 aromatic heterocycles. The molecule has 0 aliphatic heterocycles. The van der Waals surface area contributed by atoms with Crippen molar-refractivity contribution in [1.29, 1.82) is 0 Å². The summed E-state index contributed by atoms with van der Waals surface area (Å²) in [6.07, 6.45) is 0.922. The van der Waals surface area contributed by atoms with Gasteiger partial charge >= 0.3 is 0 Å². The number of nitrogens with one attached hydrogen (secondary N) is 1. The van der Waals surface area contributed by atoms with Crippen LogP contribution in [0.15, 0.2) is 12.1 Å². The Morgan fingerprint density at radius 2 is 1.85 bits per heavy atom. The Bertz CT molecular complexity index is 449. The first-order valence-corrected chi connectivity index (χ1v) is 6.42. The third kappa shape index (κ3) is 4.03. The number of ether oxygens (including phenoxy) is 3. The van der Waals surface area contributed by atoms with Gasteiger partial charge in [0.2, 0.25) is 11.7 Å². The second kappa shape index (κ2) is 8.27. The maximum atomic E-state index is 11.6. The molecule has 0 aliphatic rings. The Labute approximate surface area is 119 Å². The molecule has 6 nitrogen and oxygen atoms in total. The van der Waals surface area contributed by atoms with Gasteiger partial charge in [0.25, 0.3) is 0 Å². The van der Waals surface area contributed by atoms with Crippen LogP contribution in [0, 0.1) is 0 Å². The Morgan fingerprint density at radius 3 is 2.40 bits per heavy atom. The Morgan fingerprint density at radius 1 is 1.15 bits per heavy atom. The van der Waals surface area contributed by atoms with Crippen molar-refractivity contribution >= 4 is 5.91 Å². The molecule has 0 unspecified atom stereocenters. The van der Waals surface area contributed by atoms with Crippen LogP contribution >= 0.6 is 0 Å². The zero-order valence-electron chi connectivity index (χ0n) is 12.2. The molecule has 112 valence electrons. The van der Waals surface area contributed by atoms with E-state index < -0.39 is 0 Å².